The van der Waals surface area contributed by atoms with Gasteiger partial charge in [-0.15, -0.1) is 0 Å². The second-order valence-electron chi connectivity index (χ2n) is 10.9. The molecule has 1 N–H and O–H groups in total. The maximum Gasteiger partial charge on any atom is 0.411 e. The van der Waals surface area contributed by atoms with Gasteiger partial charge in [0.1, 0.15) is 23.8 Å². The number of benzene rings is 3. The number of aromatic amines is 1. The van der Waals surface area contributed by atoms with Crippen LogP contribution in [0.3, 0.4) is 0 Å². The largest absolute Gasteiger partial charge is 0.488 e. The number of imidazole rings is 1. The molecular formula is C28H26ClN3O3. The molecule has 178 valence electrons. The summed E-state index contributed by atoms with van der Waals surface area (Å²) in [6, 6.07) is 14.6. The van der Waals surface area contributed by atoms with E-state index in [1.165, 1.54) is 5.56 Å². The zero-order chi connectivity index (χ0) is 24.1. The fourth-order valence-electron chi connectivity index (χ4n) is 5.72. The Kier molecular flexibility index (Phi) is 4.30. The van der Waals surface area contributed by atoms with E-state index in [9.17, 15) is 4.79 Å². The number of hydrogen-bond donors (Lipinski definition) is 1. The van der Waals surface area contributed by atoms with Crippen molar-refractivity contribution in [2.45, 2.75) is 57.9 Å². The number of fused-ring (bicyclic) bond motifs is 7. The van der Waals surface area contributed by atoms with Crippen molar-refractivity contribution in [1.29, 1.82) is 0 Å². The lowest BCUT2D eigenvalue weighted by Crippen LogP contribution is -2.38. The molecule has 1 saturated heterocycles. The van der Waals surface area contributed by atoms with E-state index in [1.54, 1.807) is 0 Å². The quantitative estimate of drug-likeness (QED) is 0.314. The molecule has 6 nitrogen and oxygen atoms in total. The number of piperidine rings is 1. The molecule has 1 aliphatic carbocycles. The summed E-state index contributed by atoms with van der Waals surface area (Å²) in [7, 11) is 0. The first kappa shape index (κ1) is 21.1. The van der Waals surface area contributed by atoms with E-state index in [1.807, 2.05) is 43.9 Å². The van der Waals surface area contributed by atoms with Gasteiger partial charge in [0, 0.05) is 22.0 Å². The average molecular weight is 488 g/mol. The summed E-state index contributed by atoms with van der Waals surface area (Å²) in [5.74, 6) is 2.19. The third-order valence-electron chi connectivity index (χ3n) is 7.36. The van der Waals surface area contributed by atoms with Crippen molar-refractivity contribution in [3.05, 3.63) is 58.9 Å². The first-order valence-electron chi connectivity index (χ1n) is 12.1. The number of nitrogens with one attached hydrogen (secondary N) is 1. The van der Waals surface area contributed by atoms with Crippen molar-refractivity contribution in [2.24, 2.45) is 5.92 Å². The second-order valence-corrected chi connectivity index (χ2v) is 11.4. The van der Waals surface area contributed by atoms with Gasteiger partial charge in [-0.25, -0.2) is 9.78 Å². The smallest absolute Gasteiger partial charge is 0.411 e. The minimum atomic E-state index is -0.524. The third kappa shape index (κ3) is 3.38. The summed E-state index contributed by atoms with van der Waals surface area (Å²) in [5, 5.41) is 2.91. The van der Waals surface area contributed by atoms with Crippen LogP contribution in [-0.2, 0) is 11.3 Å². The minimum absolute atomic E-state index is 0.0892. The highest BCUT2D eigenvalue weighted by molar-refractivity contribution is 6.30. The fraction of sp³-hybridized carbons (Fsp3) is 0.357. The SMILES string of the molecule is CC(C)(C)OC(=O)N1C(c2nc3ccc4cc5c(cc4c3[nH]2)COc2cc(Cl)ccc2-5)C[C@H]2C[C@H]21. The Balaban J connectivity index is 1.30. The van der Waals surface area contributed by atoms with Crippen LogP contribution in [-0.4, -0.2) is 32.6 Å². The Hall–Kier alpha value is -3.25. The van der Waals surface area contributed by atoms with Crippen LogP contribution in [0.25, 0.3) is 32.9 Å². The van der Waals surface area contributed by atoms with Crippen LogP contribution in [0.15, 0.2) is 42.5 Å². The van der Waals surface area contributed by atoms with Gasteiger partial charge in [0.15, 0.2) is 0 Å². The van der Waals surface area contributed by atoms with Crippen molar-refractivity contribution < 1.29 is 14.3 Å². The summed E-state index contributed by atoms with van der Waals surface area (Å²) >= 11 is 6.17. The number of amides is 1. The molecule has 35 heavy (non-hydrogen) atoms. The van der Waals surface area contributed by atoms with E-state index in [0.717, 1.165) is 57.3 Å². The standard InChI is InChI=1S/C28H26ClN3O3/c1-28(2,3)35-27(33)32-22-10-15(22)11-23(32)26-30-21-7-4-14-8-19-16(9-20(14)25(21)31-26)13-34-24-12-17(29)5-6-18(19)24/h4-9,12,15,22-23H,10-11,13H2,1-3H3,(H,30,31)/t15-,22-,23?/m1/s1. The number of carbonyl (C=O) groups excluding carboxylic acids is 1. The first-order chi connectivity index (χ1) is 16.7. The molecule has 0 bridgehead atoms. The summed E-state index contributed by atoms with van der Waals surface area (Å²) < 4.78 is 11.7. The number of aromatic nitrogens is 2. The van der Waals surface area contributed by atoms with Crippen LogP contribution >= 0.6 is 11.6 Å². The molecule has 3 aliphatic rings. The van der Waals surface area contributed by atoms with E-state index in [4.69, 9.17) is 26.1 Å². The van der Waals surface area contributed by atoms with Crippen LogP contribution in [0.4, 0.5) is 4.79 Å². The van der Waals surface area contributed by atoms with Crippen LogP contribution in [0.2, 0.25) is 5.02 Å². The fourth-order valence-corrected chi connectivity index (χ4v) is 5.88. The van der Waals surface area contributed by atoms with Crippen LogP contribution in [0.1, 0.15) is 51.0 Å². The molecule has 3 atom stereocenters. The van der Waals surface area contributed by atoms with Crippen molar-refractivity contribution in [2.75, 3.05) is 0 Å². The molecule has 0 spiro atoms. The molecule has 3 heterocycles. The zero-order valence-corrected chi connectivity index (χ0v) is 20.6. The van der Waals surface area contributed by atoms with Crippen molar-refractivity contribution in [1.82, 2.24) is 14.9 Å². The van der Waals surface area contributed by atoms with Gasteiger partial charge in [-0.1, -0.05) is 17.7 Å². The Labute approximate surface area is 208 Å². The highest BCUT2D eigenvalue weighted by Gasteiger charge is 2.56. The molecule has 2 fully saturated rings. The number of likely N-dealkylation sites (tertiary alicyclic amines) is 1. The highest BCUT2D eigenvalue weighted by Crippen LogP contribution is 2.53. The van der Waals surface area contributed by atoms with Gasteiger partial charge in [0.2, 0.25) is 0 Å². The predicted molar refractivity (Wildman–Crippen MR) is 136 cm³/mol. The minimum Gasteiger partial charge on any atom is -0.488 e. The lowest BCUT2D eigenvalue weighted by Gasteiger charge is -2.29. The van der Waals surface area contributed by atoms with E-state index < -0.39 is 5.60 Å². The van der Waals surface area contributed by atoms with Crippen molar-refractivity contribution in [3.8, 4) is 16.9 Å². The zero-order valence-electron chi connectivity index (χ0n) is 19.9. The number of H-pyrrole nitrogens is 1. The first-order valence-corrected chi connectivity index (χ1v) is 12.5. The molecule has 1 unspecified atom stereocenters. The van der Waals surface area contributed by atoms with E-state index >= 15 is 0 Å². The summed E-state index contributed by atoms with van der Waals surface area (Å²) in [6.45, 7) is 6.22. The Morgan fingerprint density at radius 3 is 2.83 bits per heavy atom. The van der Waals surface area contributed by atoms with Gasteiger partial charge in [0.05, 0.1) is 17.1 Å². The Bertz CT molecular complexity index is 1540. The number of ether oxygens (including phenoxy) is 2. The third-order valence-corrected chi connectivity index (χ3v) is 7.59. The average Bonchev–Trinajstić information content (AvgIpc) is 3.25. The van der Waals surface area contributed by atoms with Crippen molar-refractivity contribution in [3.63, 3.8) is 0 Å². The molecular weight excluding hydrogens is 462 g/mol. The maximum absolute atomic E-state index is 13.0. The van der Waals surface area contributed by atoms with E-state index in [2.05, 4.69) is 29.2 Å². The van der Waals surface area contributed by atoms with Gasteiger partial charge in [-0.3, -0.25) is 4.90 Å². The van der Waals surface area contributed by atoms with Gasteiger partial charge >= 0.3 is 6.09 Å². The number of nitrogens with zero attached hydrogens (tertiary/aromatic N) is 2. The molecule has 1 amide bonds. The molecule has 4 aromatic rings. The predicted octanol–water partition coefficient (Wildman–Crippen LogP) is 7.00. The van der Waals surface area contributed by atoms with Gasteiger partial charge in [0.25, 0.3) is 0 Å². The number of carbonyl (C=O) groups is 1. The maximum atomic E-state index is 13.0. The van der Waals surface area contributed by atoms with Gasteiger partial charge in [-0.2, -0.15) is 0 Å². The molecule has 0 radical (unpaired) electrons. The molecule has 3 aromatic carbocycles. The molecule has 7 rings (SSSR count). The van der Waals surface area contributed by atoms with Crippen LogP contribution in [0, 0.1) is 5.92 Å². The monoisotopic (exact) mass is 487 g/mol. The van der Waals surface area contributed by atoms with E-state index in [-0.39, 0.29) is 18.2 Å². The topological polar surface area (TPSA) is 67.5 Å². The normalized spacial score (nSPS) is 22.5. The van der Waals surface area contributed by atoms with E-state index in [0.29, 0.717) is 17.5 Å². The van der Waals surface area contributed by atoms with Crippen LogP contribution < -0.4 is 4.74 Å². The van der Waals surface area contributed by atoms with Gasteiger partial charge in [-0.05, 0) is 92.4 Å². The summed E-state index contributed by atoms with van der Waals surface area (Å²) in [4.78, 5) is 23.5. The molecule has 1 saturated carbocycles. The Morgan fingerprint density at radius 1 is 1.14 bits per heavy atom. The number of rotatable bonds is 1. The summed E-state index contributed by atoms with van der Waals surface area (Å²) in [5.41, 5.74) is 4.73. The van der Waals surface area contributed by atoms with Crippen molar-refractivity contribution >= 4 is 39.5 Å². The number of halogens is 1. The van der Waals surface area contributed by atoms with Crippen LogP contribution in [0.5, 0.6) is 5.75 Å². The Morgan fingerprint density at radius 2 is 2.00 bits per heavy atom. The van der Waals surface area contributed by atoms with Gasteiger partial charge < -0.3 is 14.5 Å². The lowest BCUT2D eigenvalue weighted by molar-refractivity contribution is 0.0175. The molecule has 2 aliphatic heterocycles. The highest BCUT2D eigenvalue weighted by atomic mass is 35.5. The second kappa shape index (κ2) is 7.14. The number of hydrogen-bond acceptors (Lipinski definition) is 4. The molecule has 7 heteroatoms. The molecule has 1 aromatic heterocycles. The summed E-state index contributed by atoms with van der Waals surface area (Å²) in [6.07, 6.45) is 1.73. The lowest BCUT2D eigenvalue weighted by atomic mass is 9.93.